The number of Topliss-reactive ketones (excluding diaryl/α,β-unsaturated/α-hetero) is 1. The van der Waals surface area contributed by atoms with Gasteiger partial charge in [-0.05, 0) is 52.6 Å². The third-order valence-corrected chi connectivity index (χ3v) is 5.54. The number of hydrogen-bond donors (Lipinski definition) is 1. The van der Waals surface area contributed by atoms with Crippen molar-refractivity contribution in [3.8, 4) is 11.5 Å². The minimum absolute atomic E-state index is 0.0780. The van der Waals surface area contributed by atoms with Gasteiger partial charge in [0.15, 0.2) is 11.5 Å². The van der Waals surface area contributed by atoms with E-state index in [-0.39, 0.29) is 11.3 Å². The highest BCUT2D eigenvalue weighted by Gasteiger charge is 2.46. The fraction of sp³-hybridized carbons (Fsp3) is 0.385. The van der Waals surface area contributed by atoms with Crippen molar-refractivity contribution in [2.45, 2.75) is 26.8 Å². The van der Waals surface area contributed by atoms with Gasteiger partial charge in [0.05, 0.1) is 24.8 Å². The van der Waals surface area contributed by atoms with Gasteiger partial charge in [-0.3, -0.25) is 9.59 Å². The summed E-state index contributed by atoms with van der Waals surface area (Å²) < 4.78 is 11.4. The molecule has 3 rings (SSSR count). The van der Waals surface area contributed by atoms with E-state index in [1.54, 1.807) is 24.3 Å². The number of aliphatic hydroxyl groups excluding tert-OH is 1. The van der Waals surface area contributed by atoms with Gasteiger partial charge in [0, 0.05) is 18.7 Å². The zero-order chi connectivity index (χ0) is 24.1. The molecule has 0 saturated carbocycles. The molecule has 2 aromatic carbocycles. The molecule has 1 fully saturated rings. The van der Waals surface area contributed by atoms with Crippen molar-refractivity contribution in [2.24, 2.45) is 0 Å². The topological polar surface area (TPSA) is 79.3 Å². The number of ketones is 1. The predicted octanol–water partition coefficient (Wildman–Crippen LogP) is 3.78. The SMILES string of the molecule is CCOc1ccc(C2/C(=C(\O)c3ccc(C)cc3)C(=O)C(=O)N2CCN(C)C)cc1OCC. The molecule has 7 heteroatoms. The standard InChI is InChI=1S/C26H32N2O5/c1-6-32-20-13-12-19(16-21(20)33-7-2)23-22(24(29)18-10-8-17(3)9-11-18)25(30)26(31)28(23)15-14-27(4)5/h8-13,16,23,29H,6-7,14-15H2,1-5H3/b24-22+. The molecule has 1 aliphatic heterocycles. The summed E-state index contributed by atoms with van der Waals surface area (Å²) in [6, 6.07) is 11.9. The van der Waals surface area contributed by atoms with Crippen molar-refractivity contribution in [1.82, 2.24) is 9.80 Å². The van der Waals surface area contributed by atoms with Gasteiger partial charge >= 0.3 is 0 Å². The molecule has 1 unspecified atom stereocenters. The van der Waals surface area contributed by atoms with Crippen molar-refractivity contribution in [2.75, 3.05) is 40.4 Å². The lowest BCUT2D eigenvalue weighted by Crippen LogP contribution is -2.35. The smallest absolute Gasteiger partial charge is 0.295 e. The first-order valence-electron chi connectivity index (χ1n) is 11.2. The highest BCUT2D eigenvalue weighted by Crippen LogP contribution is 2.42. The van der Waals surface area contributed by atoms with E-state index in [4.69, 9.17) is 9.47 Å². The van der Waals surface area contributed by atoms with E-state index in [0.717, 1.165) is 5.56 Å². The van der Waals surface area contributed by atoms with Crippen LogP contribution < -0.4 is 9.47 Å². The Morgan fingerprint density at radius 2 is 1.64 bits per heavy atom. The second-order valence-electron chi connectivity index (χ2n) is 8.23. The molecular weight excluding hydrogens is 420 g/mol. The van der Waals surface area contributed by atoms with Crippen molar-refractivity contribution in [1.29, 1.82) is 0 Å². The molecule has 1 amide bonds. The first-order valence-corrected chi connectivity index (χ1v) is 11.2. The summed E-state index contributed by atoms with van der Waals surface area (Å²) in [4.78, 5) is 29.6. The minimum Gasteiger partial charge on any atom is -0.507 e. The fourth-order valence-corrected chi connectivity index (χ4v) is 3.87. The predicted molar refractivity (Wildman–Crippen MR) is 128 cm³/mol. The Bertz CT molecular complexity index is 1040. The normalized spacial score (nSPS) is 17.6. The number of aliphatic hydroxyl groups is 1. The maximum absolute atomic E-state index is 13.1. The Morgan fingerprint density at radius 3 is 2.24 bits per heavy atom. The van der Waals surface area contributed by atoms with Crippen LogP contribution in [-0.2, 0) is 9.59 Å². The maximum Gasteiger partial charge on any atom is 0.295 e. The molecule has 1 saturated heterocycles. The summed E-state index contributed by atoms with van der Waals surface area (Å²) in [5.41, 5.74) is 2.28. The molecule has 0 aromatic heterocycles. The Hall–Kier alpha value is -3.32. The second-order valence-corrected chi connectivity index (χ2v) is 8.23. The van der Waals surface area contributed by atoms with Gasteiger partial charge in [0.25, 0.3) is 11.7 Å². The Labute approximate surface area is 195 Å². The van der Waals surface area contributed by atoms with E-state index < -0.39 is 17.7 Å². The summed E-state index contributed by atoms with van der Waals surface area (Å²) >= 11 is 0. The maximum atomic E-state index is 13.1. The molecule has 33 heavy (non-hydrogen) atoms. The first kappa shape index (κ1) is 24.3. The number of carbonyl (C=O) groups is 2. The number of aryl methyl sites for hydroxylation is 1. The van der Waals surface area contributed by atoms with E-state index >= 15 is 0 Å². The van der Waals surface area contributed by atoms with Gasteiger partial charge in [0.1, 0.15) is 5.76 Å². The largest absolute Gasteiger partial charge is 0.507 e. The number of carbonyl (C=O) groups excluding carboxylic acids is 2. The Balaban J connectivity index is 2.17. The summed E-state index contributed by atoms with van der Waals surface area (Å²) in [7, 11) is 3.81. The summed E-state index contributed by atoms with van der Waals surface area (Å²) in [6.45, 7) is 7.54. The highest BCUT2D eigenvalue weighted by molar-refractivity contribution is 6.46. The lowest BCUT2D eigenvalue weighted by molar-refractivity contribution is -0.140. The zero-order valence-electron chi connectivity index (χ0n) is 19.9. The number of hydrogen-bond acceptors (Lipinski definition) is 6. The van der Waals surface area contributed by atoms with Gasteiger partial charge in [-0.25, -0.2) is 0 Å². The number of likely N-dealkylation sites (N-methyl/N-ethyl adjacent to an activating group) is 1. The molecule has 0 spiro atoms. The van der Waals surface area contributed by atoms with Crippen molar-refractivity contribution in [3.05, 3.63) is 64.7 Å². The van der Waals surface area contributed by atoms with Crippen molar-refractivity contribution >= 4 is 17.4 Å². The molecule has 2 aromatic rings. The number of nitrogens with zero attached hydrogens (tertiary/aromatic N) is 2. The van der Waals surface area contributed by atoms with Crippen LogP contribution in [0.25, 0.3) is 5.76 Å². The van der Waals surface area contributed by atoms with Crippen LogP contribution in [0.2, 0.25) is 0 Å². The number of amides is 1. The van der Waals surface area contributed by atoms with Crippen LogP contribution in [0, 0.1) is 6.92 Å². The molecule has 1 aliphatic rings. The molecule has 0 radical (unpaired) electrons. The molecule has 7 nitrogen and oxygen atoms in total. The lowest BCUT2D eigenvalue weighted by Gasteiger charge is -2.27. The molecule has 1 atom stereocenters. The van der Waals surface area contributed by atoms with Gasteiger partial charge in [0.2, 0.25) is 0 Å². The van der Waals surface area contributed by atoms with Gasteiger partial charge < -0.3 is 24.4 Å². The number of benzene rings is 2. The summed E-state index contributed by atoms with van der Waals surface area (Å²) in [6.07, 6.45) is 0. The average Bonchev–Trinajstić information content (AvgIpc) is 3.04. The Morgan fingerprint density at radius 1 is 1.00 bits per heavy atom. The zero-order valence-corrected chi connectivity index (χ0v) is 19.9. The van der Waals surface area contributed by atoms with Gasteiger partial charge in [-0.1, -0.05) is 35.9 Å². The molecule has 0 bridgehead atoms. The van der Waals surface area contributed by atoms with Gasteiger partial charge in [-0.2, -0.15) is 0 Å². The van der Waals surface area contributed by atoms with Gasteiger partial charge in [-0.15, -0.1) is 0 Å². The van der Waals surface area contributed by atoms with Crippen LogP contribution in [0.15, 0.2) is 48.0 Å². The van der Waals surface area contributed by atoms with Crippen LogP contribution >= 0.6 is 0 Å². The van der Waals surface area contributed by atoms with E-state index in [1.807, 2.05) is 58.0 Å². The van der Waals surface area contributed by atoms with Crippen molar-refractivity contribution in [3.63, 3.8) is 0 Å². The molecule has 1 heterocycles. The fourth-order valence-electron chi connectivity index (χ4n) is 3.87. The molecule has 0 aliphatic carbocycles. The average molecular weight is 453 g/mol. The first-order chi connectivity index (χ1) is 15.8. The third-order valence-electron chi connectivity index (χ3n) is 5.54. The molecular formula is C26H32N2O5. The monoisotopic (exact) mass is 452 g/mol. The molecule has 176 valence electrons. The minimum atomic E-state index is -0.735. The Kier molecular flexibility index (Phi) is 7.76. The van der Waals surface area contributed by atoms with Crippen LogP contribution in [0.5, 0.6) is 11.5 Å². The summed E-state index contributed by atoms with van der Waals surface area (Å²) in [5, 5.41) is 11.2. The van der Waals surface area contributed by atoms with E-state index in [1.165, 1.54) is 4.90 Å². The van der Waals surface area contributed by atoms with E-state index in [9.17, 15) is 14.7 Å². The van der Waals surface area contributed by atoms with E-state index in [0.29, 0.717) is 48.9 Å². The van der Waals surface area contributed by atoms with Crippen LogP contribution in [-0.4, -0.2) is 67.0 Å². The number of rotatable bonds is 9. The van der Waals surface area contributed by atoms with Crippen molar-refractivity contribution < 1.29 is 24.2 Å². The lowest BCUT2D eigenvalue weighted by atomic mass is 9.94. The highest BCUT2D eigenvalue weighted by atomic mass is 16.5. The second kappa shape index (κ2) is 10.5. The molecule has 1 N–H and O–H groups in total. The van der Waals surface area contributed by atoms with Crippen LogP contribution in [0.1, 0.15) is 36.6 Å². The number of ether oxygens (including phenoxy) is 2. The summed E-state index contributed by atoms with van der Waals surface area (Å²) in [5.74, 6) is -0.374. The third kappa shape index (κ3) is 5.20. The van der Waals surface area contributed by atoms with Crippen LogP contribution in [0.4, 0.5) is 0 Å². The quantitative estimate of drug-likeness (QED) is 0.354. The van der Waals surface area contributed by atoms with E-state index in [2.05, 4.69) is 0 Å². The number of likely N-dealkylation sites (tertiary alicyclic amines) is 1. The van der Waals surface area contributed by atoms with Crippen LogP contribution in [0.3, 0.4) is 0 Å².